The van der Waals surface area contributed by atoms with Crippen LogP contribution in [0.15, 0.2) is 0 Å². The van der Waals surface area contributed by atoms with Crippen LogP contribution in [-0.4, -0.2) is 64.2 Å². The molecule has 0 radical (unpaired) electrons. The number of hydrogen-bond acceptors (Lipinski definition) is 2. The molecule has 0 saturated carbocycles. The van der Waals surface area contributed by atoms with E-state index in [4.69, 9.17) is 0 Å². The van der Waals surface area contributed by atoms with Gasteiger partial charge in [-0.25, -0.2) is 0 Å². The van der Waals surface area contributed by atoms with E-state index in [9.17, 15) is 5.11 Å². The zero-order chi connectivity index (χ0) is 7.56. The van der Waals surface area contributed by atoms with Gasteiger partial charge in [0.2, 0.25) is 0 Å². The molecule has 1 saturated heterocycles. The number of hydrogen-bond donors (Lipinski definition) is 1. The molecule has 0 aliphatic carbocycles. The third kappa shape index (κ3) is 2.21. The fourth-order valence-corrected chi connectivity index (χ4v) is 2.46. The molecule has 1 N–H and O–H groups in total. The van der Waals surface area contributed by atoms with Gasteiger partial charge in [0.05, 0.1) is 0 Å². The number of likely N-dealkylation sites (tertiary alicyclic amines) is 1. The van der Waals surface area contributed by atoms with Crippen LogP contribution in [0, 0.1) is 5.92 Å². The SMILES string of the molecule is CN1CC(O)C(C[CH2][Na])C1. The molecule has 1 fully saturated rings. The molecule has 0 aromatic carbocycles. The topological polar surface area (TPSA) is 23.5 Å². The number of aliphatic hydroxyl groups excluding tert-OH is 1. The fourth-order valence-electron chi connectivity index (χ4n) is 1.72. The van der Waals surface area contributed by atoms with E-state index in [-0.39, 0.29) is 6.10 Å². The van der Waals surface area contributed by atoms with Crippen LogP contribution in [-0.2, 0) is 0 Å². The van der Waals surface area contributed by atoms with Gasteiger partial charge in [0.1, 0.15) is 0 Å². The molecule has 2 nitrogen and oxygen atoms in total. The summed E-state index contributed by atoms with van der Waals surface area (Å²) in [7, 11) is 2.08. The number of likely N-dealkylation sites (N-methyl/N-ethyl adjacent to an activating group) is 1. The van der Waals surface area contributed by atoms with Crippen molar-refractivity contribution < 1.29 is 5.11 Å². The molecule has 0 spiro atoms. The van der Waals surface area contributed by atoms with Crippen molar-refractivity contribution >= 4 is 27.9 Å². The molecule has 1 rings (SSSR count). The molecular weight excluding hydrogens is 137 g/mol. The number of nitrogens with zero attached hydrogens (tertiary/aromatic N) is 1. The van der Waals surface area contributed by atoms with Gasteiger partial charge in [-0.15, -0.1) is 0 Å². The van der Waals surface area contributed by atoms with E-state index in [2.05, 4.69) is 11.9 Å². The molecule has 2 atom stereocenters. The van der Waals surface area contributed by atoms with Gasteiger partial charge in [0.15, 0.2) is 0 Å². The molecule has 2 unspecified atom stereocenters. The van der Waals surface area contributed by atoms with Crippen molar-refractivity contribution in [1.82, 2.24) is 4.90 Å². The Balaban J connectivity index is 2.31. The Hall–Kier alpha value is 0.920. The van der Waals surface area contributed by atoms with Crippen LogP contribution in [0.25, 0.3) is 0 Å². The number of rotatable bonds is 2. The van der Waals surface area contributed by atoms with Crippen LogP contribution in [0.5, 0.6) is 0 Å². The number of β-amino-alcohol motifs (C(OH)–C–C–N with tert-alkyl or cyclic N) is 1. The van der Waals surface area contributed by atoms with Gasteiger partial charge in [-0.2, -0.15) is 0 Å². The van der Waals surface area contributed by atoms with Crippen molar-refractivity contribution in [1.29, 1.82) is 0 Å². The Morgan fingerprint density at radius 3 is 2.70 bits per heavy atom. The average molecular weight is 151 g/mol. The van der Waals surface area contributed by atoms with Crippen molar-refractivity contribution in [2.45, 2.75) is 16.2 Å². The first-order valence-electron chi connectivity index (χ1n) is 4.10. The molecule has 10 heavy (non-hydrogen) atoms. The summed E-state index contributed by atoms with van der Waals surface area (Å²) < 4.78 is 1.33. The van der Waals surface area contributed by atoms with E-state index in [0.29, 0.717) is 5.92 Å². The van der Waals surface area contributed by atoms with Gasteiger partial charge in [0, 0.05) is 0 Å². The van der Waals surface area contributed by atoms with Gasteiger partial charge in [0.25, 0.3) is 0 Å². The zero-order valence-electron chi connectivity index (χ0n) is 6.88. The Morgan fingerprint density at radius 2 is 2.30 bits per heavy atom. The summed E-state index contributed by atoms with van der Waals surface area (Å²) in [5.74, 6) is 0.572. The second-order valence-corrected chi connectivity index (χ2v) is 4.34. The van der Waals surface area contributed by atoms with Crippen LogP contribution < -0.4 is 0 Å². The van der Waals surface area contributed by atoms with Gasteiger partial charge >= 0.3 is 80.2 Å². The monoisotopic (exact) mass is 151 g/mol. The third-order valence-electron chi connectivity index (χ3n) is 2.25. The van der Waals surface area contributed by atoms with E-state index in [1.807, 2.05) is 0 Å². The summed E-state index contributed by atoms with van der Waals surface area (Å²) in [5.41, 5.74) is 0. The molecule has 1 aliphatic rings. The summed E-state index contributed by atoms with van der Waals surface area (Å²) in [5, 5.41) is 9.46. The standard InChI is InChI=1S/C7H14NO.Na/c1-3-6-4-8(2)5-7(6)9;/h6-7,9H,1,3-5H2,2H3;. The van der Waals surface area contributed by atoms with Crippen molar-refractivity contribution in [3.05, 3.63) is 0 Å². The maximum absolute atomic E-state index is 9.46. The number of aliphatic hydroxyl groups is 1. The second-order valence-electron chi connectivity index (χ2n) is 3.34. The normalized spacial score (nSPS) is 35.2. The van der Waals surface area contributed by atoms with Crippen LogP contribution in [0.1, 0.15) is 6.42 Å². The van der Waals surface area contributed by atoms with Crippen molar-refractivity contribution in [2.75, 3.05) is 20.1 Å². The third-order valence-corrected chi connectivity index (χ3v) is 2.83. The van der Waals surface area contributed by atoms with E-state index in [1.165, 1.54) is 38.0 Å². The molecule has 54 valence electrons. The predicted octanol–water partition coefficient (Wildman–Crippen LogP) is -0.114. The second kappa shape index (κ2) is 4.07. The molecule has 3 heteroatoms. The van der Waals surface area contributed by atoms with Crippen molar-refractivity contribution in [3.8, 4) is 0 Å². The van der Waals surface area contributed by atoms with Crippen molar-refractivity contribution in [2.24, 2.45) is 5.92 Å². The molecule has 1 aliphatic heterocycles. The van der Waals surface area contributed by atoms with Crippen LogP contribution in [0.2, 0.25) is 3.67 Å². The van der Waals surface area contributed by atoms with Crippen molar-refractivity contribution in [3.63, 3.8) is 0 Å². The van der Waals surface area contributed by atoms with Gasteiger partial charge in [-0.1, -0.05) is 0 Å². The van der Waals surface area contributed by atoms with E-state index >= 15 is 0 Å². The fraction of sp³-hybridized carbons (Fsp3) is 1.00. The average Bonchev–Trinajstić information content (AvgIpc) is 2.13. The summed E-state index contributed by atoms with van der Waals surface area (Å²) in [4.78, 5) is 2.21. The minimum atomic E-state index is -0.0426. The summed E-state index contributed by atoms with van der Waals surface area (Å²) >= 11 is 1.28. The maximum atomic E-state index is 9.46. The molecule has 0 bridgehead atoms. The summed E-state index contributed by atoms with van der Waals surface area (Å²) in [6, 6.07) is 0. The Bertz CT molecular complexity index is 110. The van der Waals surface area contributed by atoms with E-state index in [0.717, 1.165) is 13.1 Å². The van der Waals surface area contributed by atoms with Gasteiger partial charge in [-0.3, -0.25) is 0 Å². The first-order valence-corrected chi connectivity index (χ1v) is 5.52. The Morgan fingerprint density at radius 1 is 1.60 bits per heavy atom. The predicted molar refractivity (Wildman–Crippen MR) is 42.2 cm³/mol. The minimum absolute atomic E-state index is 0.0426. The molecular formula is C7H14NNaO. The zero-order valence-corrected chi connectivity index (χ0v) is 8.88. The van der Waals surface area contributed by atoms with Crippen LogP contribution in [0.3, 0.4) is 0 Å². The summed E-state index contributed by atoms with van der Waals surface area (Å²) in [6.45, 7) is 1.98. The Labute approximate surface area is 80.0 Å². The van der Waals surface area contributed by atoms with E-state index < -0.39 is 0 Å². The van der Waals surface area contributed by atoms with Gasteiger partial charge in [-0.05, 0) is 0 Å². The molecule has 0 aromatic heterocycles. The quantitative estimate of drug-likeness (QED) is 0.556. The van der Waals surface area contributed by atoms with Crippen LogP contribution >= 0.6 is 0 Å². The first-order chi connectivity index (χ1) is 4.74. The van der Waals surface area contributed by atoms with Crippen LogP contribution in [0.4, 0.5) is 0 Å². The molecule has 1 heterocycles. The molecule has 0 amide bonds. The summed E-state index contributed by atoms with van der Waals surface area (Å²) in [6.07, 6.45) is 1.19. The first kappa shape index (κ1) is 9.01. The van der Waals surface area contributed by atoms with E-state index in [1.54, 1.807) is 0 Å². The Kier molecular flexibility index (Phi) is 3.67. The molecule has 0 aromatic rings. The van der Waals surface area contributed by atoms with Gasteiger partial charge < -0.3 is 0 Å².